The van der Waals surface area contributed by atoms with Crippen LogP contribution in [0.2, 0.25) is 0 Å². The van der Waals surface area contributed by atoms with Gasteiger partial charge in [-0.3, -0.25) is 9.69 Å². The molecule has 21 heavy (non-hydrogen) atoms. The lowest BCUT2D eigenvalue weighted by Gasteiger charge is -2.16. The lowest BCUT2D eigenvalue weighted by atomic mass is 10.0. The van der Waals surface area contributed by atoms with Crippen LogP contribution in [-0.2, 0) is 11.2 Å². The van der Waals surface area contributed by atoms with E-state index in [-0.39, 0.29) is 5.91 Å². The second kappa shape index (κ2) is 7.22. The third-order valence-electron chi connectivity index (χ3n) is 3.71. The van der Waals surface area contributed by atoms with Crippen LogP contribution in [0.15, 0.2) is 24.3 Å². The molecule has 5 nitrogen and oxygen atoms in total. The number of amides is 1. The van der Waals surface area contributed by atoms with Crippen LogP contribution in [0.5, 0.6) is 0 Å². The Balaban J connectivity index is 1.76. The maximum absolute atomic E-state index is 11.7. The molecule has 0 saturated heterocycles. The number of carbonyl (C=O) groups is 2. The van der Waals surface area contributed by atoms with E-state index in [9.17, 15) is 9.59 Å². The molecule has 2 rings (SSSR count). The van der Waals surface area contributed by atoms with Crippen molar-refractivity contribution in [3.05, 3.63) is 35.4 Å². The number of nitrogens with zero attached hydrogens (tertiary/aromatic N) is 1. The highest BCUT2D eigenvalue weighted by Crippen LogP contribution is 2.27. The van der Waals surface area contributed by atoms with Gasteiger partial charge in [-0.25, -0.2) is 4.79 Å². The molecule has 114 valence electrons. The average Bonchev–Trinajstić information content (AvgIpc) is 3.27. The Hall–Kier alpha value is -1.88. The molecule has 0 bridgehead atoms. The minimum Gasteiger partial charge on any atom is -0.478 e. The Morgan fingerprint density at radius 2 is 2.05 bits per heavy atom. The van der Waals surface area contributed by atoms with Crippen molar-refractivity contribution in [2.75, 3.05) is 26.7 Å². The molecule has 1 amide bonds. The number of hydrogen-bond acceptors (Lipinski definition) is 3. The van der Waals surface area contributed by atoms with E-state index in [1.54, 1.807) is 12.1 Å². The summed E-state index contributed by atoms with van der Waals surface area (Å²) >= 11 is 0. The van der Waals surface area contributed by atoms with Crippen molar-refractivity contribution in [1.82, 2.24) is 10.2 Å². The number of likely N-dealkylation sites (N-methyl/N-ethyl adjacent to an activating group) is 1. The van der Waals surface area contributed by atoms with Crippen LogP contribution in [0.4, 0.5) is 0 Å². The molecule has 0 radical (unpaired) electrons. The van der Waals surface area contributed by atoms with E-state index >= 15 is 0 Å². The first-order valence-electron chi connectivity index (χ1n) is 7.32. The van der Waals surface area contributed by atoms with E-state index < -0.39 is 5.97 Å². The summed E-state index contributed by atoms with van der Waals surface area (Å²) in [6.07, 6.45) is 3.07. The van der Waals surface area contributed by atoms with E-state index in [0.29, 0.717) is 31.0 Å². The molecule has 0 heterocycles. The molecule has 0 aliphatic heterocycles. The van der Waals surface area contributed by atoms with Gasteiger partial charge in [0.2, 0.25) is 5.91 Å². The van der Waals surface area contributed by atoms with Crippen molar-refractivity contribution in [2.24, 2.45) is 5.92 Å². The average molecular weight is 290 g/mol. The Morgan fingerprint density at radius 3 is 2.71 bits per heavy atom. The summed E-state index contributed by atoms with van der Waals surface area (Å²) in [6, 6.07) is 7.00. The normalized spacial score (nSPS) is 14.2. The van der Waals surface area contributed by atoms with E-state index in [2.05, 4.69) is 5.32 Å². The van der Waals surface area contributed by atoms with Crippen molar-refractivity contribution in [3.8, 4) is 0 Å². The van der Waals surface area contributed by atoms with Crippen molar-refractivity contribution in [3.63, 3.8) is 0 Å². The molecule has 1 aromatic rings. The molecule has 1 fully saturated rings. The first-order valence-corrected chi connectivity index (χ1v) is 7.32. The van der Waals surface area contributed by atoms with Gasteiger partial charge in [-0.15, -0.1) is 0 Å². The third-order valence-corrected chi connectivity index (χ3v) is 3.71. The summed E-state index contributed by atoms with van der Waals surface area (Å²) < 4.78 is 0. The topological polar surface area (TPSA) is 69.6 Å². The highest BCUT2D eigenvalue weighted by atomic mass is 16.4. The van der Waals surface area contributed by atoms with E-state index in [4.69, 9.17) is 5.11 Å². The van der Waals surface area contributed by atoms with Crippen LogP contribution in [0.25, 0.3) is 0 Å². The van der Waals surface area contributed by atoms with Crippen molar-refractivity contribution >= 4 is 11.9 Å². The number of carboxylic acids is 1. The molecular weight excluding hydrogens is 268 g/mol. The fourth-order valence-electron chi connectivity index (χ4n) is 2.22. The van der Waals surface area contributed by atoms with E-state index in [1.807, 2.05) is 24.1 Å². The lowest BCUT2D eigenvalue weighted by molar-refractivity contribution is -0.122. The molecule has 0 unspecified atom stereocenters. The molecule has 1 saturated carbocycles. The van der Waals surface area contributed by atoms with Crippen molar-refractivity contribution < 1.29 is 14.7 Å². The van der Waals surface area contributed by atoms with Crippen LogP contribution in [0, 0.1) is 5.92 Å². The Bertz CT molecular complexity index is 512. The van der Waals surface area contributed by atoms with Gasteiger partial charge in [0.1, 0.15) is 0 Å². The third kappa shape index (κ3) is 5.19. The van der Waals surface area contributed by atoms with Gasteiger partial charge >= 0.3 is 5.97 Å². The number of hydrogen-bond donors (Lipinski definition) is 2. The van der Waals surface area contributed by atoms with Gasteiger partial charge in [0, 0.05) is 13.1 Å². The van der Waals surface area contributed by atoms with Crippen molar-refractivity contribution in [1.29, 1.82) is 0 Å². The van der Waals surface area contributed by atoms with Gasteiger partial charge < -0.3 is 10.4 Å². The summed E-state index contributed by atoms with van der Waals surface area (Å²) in [4.78, 5) is 24.8. The lowest BCUT2D eigenvalue weighted by Crippen LogP contribution is -2.37. The second-order valence-corrected chi connectivity index (χ2v) is 5.70. The number of rotatable bonds is 8. The molecule has 1 aliphatic carbocycles. The zero-order valence-corrected chi connectivity index (χ0v) is 12.3. The largest absolute Gasteiger partial charge is 0.478 e. The maximum Gasteiger partial charge on any atom is 0.335 e. The Kier molecular flexibility index (Phi) is 5.33. The van der Waals surface area contributed by atoms with Gasteiger partial charge in [-0.05, 0) is 43.9 Å². The number of aromatic carboxylic acids is 1. The van der Waals surface area contributed by atoms with Gasteiger partial charge in [0.25, 0.3) is 0 Å². The molecule has 1 aliphatic rings. The van der Waals surface area contributed by atoms with E-state index in [0.717, 1.165) is 12.1 Å². The summed E-state index contributed by atoms with van der Waals surface area (Å²) in [5, 5.41) is 12.1. The highest BCUT2D eigenvalue weighted by molar-refractivity contribution is 5.89. The quantitative estimate of drug-likeness (QED) is 0.759. The SMILES string of the molecule is CN(CCc1ccccc1C(=O)O)CC(=O)NCC1CC1. The standard InChI is InChI=1S/C16H22N2O3/c1-18(11-15(19)17-10-12-6-7-12)9-8-13-4-2-3-5-14(13)16(20)21/h2-5,12H,6-11H2,1H3,(H,17,19)(H,20,21). The first-order chi connectivity index (χ1) is 10.1. The molecule has 1 aromatic carbocycles. The molecule has 0 spiro atoms. The Morgan fingerprint density at radius 1 is 1.33 bits per heavy atom. The summed E-state index contributed by atoms with van der Waals surface area (Å²) in [6.45, 7) is 1.79. The van der Waals surface area contributed by atoms with Crippen LogP contribution in [0.3, 0.4) is 0 Å². The highest BCUT2D eigenvalue weighted by Gasteiger charge is 2.21. The first kappa shape index (κ1) is 15.5. The molecular formula is C16H22N2O3. The van der Waals surface area contributed by atoms with Crippen LogP contribution in [0.1, 0.15) is 28.8 Å². The van der Waals surface area contributed by atoms with Crippen molar-refractivity contribution in [2.45, 2.75) is 19.3 Å². The van der Waals surface area contributed by atoms with E-state index in [1.165, 1.54) is 12.8 Å². The smallest absolute Gasteiger partial charge is 0.335 e. The van der Waals surface area contributed by atoms with Gasteiger partial charge in [0.15, 0.2) is 0 Å². The Labute approximate surface area is 125 Å². The van der Waals surface area contributed by atoms with Crippen LogP contribution < -0.4 is 5.32 Å². The van der Waals surface area contributed by atoms with Gasteiger partial charge in [-0.2, -0.15) is 0 Å². The minimum atomic E-state index is -0.907. The number of nitrogens with one attached hydrogen (secondary N) is 1. The number of benzene rings is 1. The number of carbonyl (C=O) groups excluding carboxylic acids is 1. The fourth-order valence-corrected chi connectivity index (χ4v) is 2.22. The summed E-state index contributed by atoms with van der Waals surface area (Å²) in [7, 11) is 1.88. The predicted molar refractivity (Wildman–Crippen MR) is 80.3 cm³/mol. The summed E-state index contributed by atoms with van der Waals surface area (Å²) in [5.74, 6) is -0.187. The molecule has 0 atom stereocenters. The zero-order valence-electron chi connectivity index (χ0n) is 12.3. The zero-order chi connectivity index (χ0) is 15.2. The predicted octanol–water partition coefficient (Wildman–Crippen LogP) is 1.39. The van der Waals surface area contributed by atoms with Crippen LogP contribution in [-0.4, -0.2) is 48.6 Å². The maximum atomic E-state index is 11.7. The van der Waals surface area contributed by atoms with Crippen LogP contribution >= 0.6 is 0 Å². The van der Waals surface area contributed by atoms with Gasteiger partial charge in [-0.1, -0.05) is 18.2 Å². The fraction of sp³-hybridized carbons (Fsp3) is 0.500. The second-order valence-electron chi connectivity index (χ2n) is 5.70. The monoisotopic (exact) mass is 290 g/mol. The molecule has 5 heteroatoms. The molecule has 2 N–H and O–H groups in total. The minimum absolute atomic E-state index is 0.0379. The summed E-state index contributed by atoms with van der Waals surface area (Å²) in [5.41, 5.74) is 1.14. The van der Waals surface area contributed by atoms with Gasteiger partial charge in [0.05, 0.1) is 12.1 Å². The number of carboxylic acid groups (broad SMARTS) is 1. The molecule has 0 aromatic heterocycles.